The van der Waals surface area contributed by atoms with E-state index in [1.54, 1.807) is 26.0 Å². The minimum atomic E-state index is -2.87. The molecule has 101 heavy (non-hydrogen) atoms. The third-order valence-corrected chi connectivity index (χ3v) is 17.3. The number of aryl methyl sites for hydroxylation is 13. The minimum absolute atomic E-state index is 0.00509. The third-order valence-electron chi connectivity index (χ3n) is 17.1. The van der Waals surface area contributed by atoms with E-state index in [-0.39, 0.29) is 46.8 Å². The number of ether oxygens (including phenoxy) is 1. The highest BCUT2D eigenvalue weighted by Gasteiger charge is 2.29. The summed E-state index contributed by atoms with van der Waals surface area (Å²) >= 11 is 5.45. The number of aromatic nitrogens is 3. The molecular weight excluding hydrogens is 1310 g/mol. The minimum Gasteiger partial charge on any atom is -0.478 e. The molecule has 3 heterocycles. The molecule has 20 nitrogen and oxygen atoms in total. The Morgan fingerprint density at radius 1 is 0.416 bits per heavy atom. The van der Waals surface area contributed by atoms with Crippen LogP contribution in [0, 0.1) is 145 Å². The topological polar surface area (TPSA) is 334 Å². The van der Waals surface area contributed by atoms with Gasteiger partial charge in [0.25, 0.3) is 5.24 Å². The number of rotatable bonds is 12. The molecule has 0 aliphatic heterocycles. The first kappa shape index (κ1) is 87.4. The number of carboxylic acid groups (broad SMARTS) is 1. The lowest BCUT2D eigenvalue weighted by Crippen LogP contribution is -2.25. The fourth-order valence-corrected chi connectivity index (χ4v) is 11.1. The van der Waals surface area contributed by atoms with E-state index in [0.717, 1.165) is 123 Å². The van der Waals surface area contributed by atoms with Gasteiger partial charge in [-0.15, -0.1) is 0 Å². The van der Waals surface area contributed by atoms with Crippen LogP contribution in [0.25, 0.3) is 34.0 Å². The Labute approximate surface area is 597 Å². The van der Waals surface area contributed by atoms with Gasteiger partial charge in [-0.3, -0.25) is 28.8 Å². The van der Waals surface area contributed by atoms with E-state index in [1.807, 2.05) is 172 Å². The standard InChI is InChI=1S/C15H17NO2.C14H17NO4.C13H15NO.C13H16O2.C10H11ClO.C10H12O2.C5H8O3.H3NO/c1-8-6-13(12(5)17)11(4)15(10(8)3)14-7-9(2)16-18-14;1-7-5-11(14(16,17)18)10(4)13(9(7)3)12-6-8(2)15-19-12;1-8-5-6-9(2)13(11(8)4)12-7-10(3)14-15-12;1-8-5-6-9(2)13(11(8)4)12(15)7-10(3)14;2*1-6-4-5-7(2)9(8(6)3)10(11)12;1-4(6)3-5(7)8-2;1-2/h6-7H,1-5H3;5-6,16-18H,1-4H3;5-7H,1-4H3;5-6H,7H2,1-4H3;4-5H,1-3H3;4-5H,1-3H3,(H,11,12);3H2,1-2H3;2H,1H2. The van der Waals surface area contributed by atoms with Gasteiger partial charge in [-0.05, 0) is 290 Å². The summed E-state index contributed by atoms with van der Waals surface area (Å²) in [6.07, 6.45) is -0.109. The average molecular weight is 1410 g/mol. The number of Topliss-reactive ketones (excluding diaryl/α,β-unsaturated/α-hetero) is 4. The van der Waals surface area contributed by atoms with Gasteiger partial charge in [0.1, 0.15) is 18.0 Å². The van der Waals surface area contributed by atoms with Crippen LogP contribution in [0.4, 0.5) is 0 Å². The number of halogens is 1. The van der Waals surface area contributed by atoms with Gasteiger partial charge in [0.15, 0.2) is 28.8 Å². The van der Waals surface area contributed by atoms with Crippen LogP contribution in [-0.4, -0.2) is 88.5 Å². The van der Waals surface area contributed by atoms with Gasteiger partial charge >= 0.3 is 17.9 Å². The maximum absolute atomic E-state index is 11.8. The van der Waals surface area contributed by atoms with Crippen LogP contribution in [0.2, 0.25) is 0 Å². The second-order valence-electron chi connectivity index (χ2n) is 25.1. The molecule has 9 aromatic rings. The van der Waals surface area contributed by atoms with Crippen molar-refractivity contribution in [2.75, 3.05) is 7.11 Å². The van der Waals surface area contributed by atoms with Crippen molar-refractivity contribution in [2.45, 2.75) is 185 Å². The molecule has 6 aromatic carbocycles. The molecule has 0 bridgehead atoms. The molecule has 0 aliphatic carbocycles. The molecule has 21 heteroatoms. The Morgan fingerprint density at radius 3 is 1.07 bits per heavy atom. The Kier molecular flexibility index (Phi) is 34.1. The second-order valence-corrected chi connectivity index (χ2v) is 25.4. The van der Waals surface area contributed by atoms with Crippen LogP contribution in [-0.2, 0) is 25.1 Å². The van der Waals surface area contributed by atoms with Gasteiger partial charge < -0.3 is 43.9 Å². The SMILES string of the molecule is CC(=O)CC(=O)c1c(C)ccc(C)c1C.CC(=O)c1cc(C)c(C)c(-c2cc(C)no2)c1C.COC(=O)CC(C)=O.Cc1cc(-c2c(C)c(C)cc(C(O)(O)O)c2C)on1.Cc1cc(-c2c(C)ccc(C)c2C)on1.Cc1ccc(C)c(C(=O)Cl)c1C.Cc1ccc(C)c(C(=O)O)c1C.NO. The summed E-state index contributed by atoms with van der Waals surface area (Å²) < 4.78 is 20.1. The Balaban J connectivity index is 0.000000404. The molecule has 0 aliphatic rings. The molecule has 0 unspecified atom stereocenters. The van der Waals surface area contributed by atoms with Crippen molar-refractivity contribution in [1.82, 2.24) is 15.5 Å². The van der Waals surface area contributed by atoms with Gasteiger partial charge in [0.2, 0.25) is 0 Å². The van der Waals surface area contributed by atoms with Crippen molar-refractivity contribution in [2.24, 2.45) is 5.90 Å². The number of benzene rings is 6. The molecule has 0 saturated heterocycles. The predicted octanol–water partition coefficient (Wildman–Crippen LogP) is 16.6. The second kappa shape index (κ2) is 39.4. The van der Waals surface area contributed by atoms with E-state index in [9.17, 15) is 48.9 Å². The molecule has 0 amide bonds. The molecule has 0 fully saturated rings. The van der Waals surface area contributed by atoms with Crippen molar-refractivity contribution in [3.63, 3.8) is 0 Å². The smallest absolute Gasteiger partial charge is 0.336 e. The molecule has 0 spiro atoms. The van der Waals surface area contributed by atoms with Crippen molar-refractivity contribution in [3.05, 3.63) is 224 Å². The first-order chi connectivity index (χ1) is 46.9. The lowest BCUT2D eigenvalue weighted by molar-refractivity contribution is -0.324. The van der Waals surface area contributed by atoms with E-state index in [4.69, 9.17) is 35.5 Å². The number of carbonyl (C=O) groups excluding carboxylic acids is 6. The summed E-state index contributed by atoms with van der Waals surface area (Å²) in [5.74, 6) is 1.21. The number of hydrogen-bond donors (Lipinski definition) is 6. The molecule has 0 radical (unpaired) electrons. The van der Waals surface area contributed by atoms with Gasteiger partial charge in [-0.1, -0.05) is 64.0 Å². The summed E-state index contributed by atoms with van der Waals surface area (Å²) in [6, 6.07) is 25.0. The Bertz CT molecular complexity index is 4400. The van der Waals surface area contributed by atoms with E-state index >= 15 is 0 Å². The quantitative estimate of drug-likeness (QED) is 0.0165. The monoisotopic (exact) mass is 1410 g/mol. The molecule has 542 valence electrons. The number of hydrogen-bond acceptors (Lipinski definition) is 19. The molecule has 0 atom stereocenters. The molecule has 3 aromatic heterocycles. The molecular formula is C80H99ClN4O16. The zero-order chi connectivity index (χ0) is 77.6. The highest BCUT2D eigenvalue weighted by Crippen LogP contribution is 2.36. The number of nitrogens with two attached hydrogens (primary N) is 1. The van der Waals surface area contributed by atoms with E-state index < -0.39 is 17.9 Å². The Hall–Kier alpha value is -9.67. The third kappa shape index (κ3) is 24.6. The van der Waals surface area contributed by atoms with Crippen LogP contribution >= 0.6 is 11.6 Å². The average Bonchev–Trinajstić information content (AvgIpc) is 1.78. The number of nitrogens with zero attached hydrogens (tertiary/aromatic N) is 3. The number of methoxy groups -OCH3 is 1. The van der Waals surface area contributed by atoms with Crippen molar-refractivity contribution < 1.29 is 77.5 Å². The van der Waals surface area contributed by atoms with Crippen LogP contribution in [0.1, 0.15) is 198 Å². The van der Waals surface area contributed by atoms with E-state index in [0.29, 0.717) is 28.0 Å². The summed E-state index contributed by atoms with van der Waals surface area (Å²) in [4.78, 5) is 76.5. The first-order valence-corrected chi connectivity index (χ1v) is 32.5. The lowest BCUT2D eigenvalue weighted by Gasteiger charge is -2.21. The normalized spacial score (nSPS) is 10.3. The Morgan fingerprint density at radius 2 is 0.743 bits per heavy atom. The van der Waals surface area contributed by atoms with E-state index in [1.165, 1.54) is 43.2 Å². The number of aliphatic hydroxyl groups is 3. The fourth-order valence-electron chi connectivity index (χ4n) is 10.8. The highest BCUT2D eigenvalue weighted by molar-refractivity contribution is 6.68. The fraction of sp³-hybridized carbons (Fsp3) is 0.350. The number of aromatic carboxylic acids is 1. The number of carboxylic acids is 1. The largest absolute Gasteiger partial charge is 0.478 e. The van der Waals surface area contributed by atoms with Gasteiger partial charge in [0, 0.05) is 57.1 Å². The van der Waals surface area contributed by atoms with Crippen molar-refractivity contribution in [1.29, 1.82) is 0 Å². The summed E-state index contributed by atoms with van der Waals surface area (Å²) in [7, 11) is 1.26. The van der Waals surface area contributed by atoms with Gasteiger partial charge in [-0.25, -0.2) is 10.7 Å². The van der Waals surface area contributed by atoms with Crippen molar-refractivity contribution in [3.8, 4) is 34.0 Å². The number of carbonyl (C=O) groups is 7. The van der Waals surface area contributed by atoms with E-state index in [2.05, 4.69) is 59.0 Å². The molecule has 9 rings (SSSR count). The summed E-state index contributed by atoms with van der Waals surface area (Å²) in [5, 5.41) is 55.0. The zero-order valence-electron chi connectivity index (χ0n) is 62.9. The maximum Gasteiger partial charge on any atom is 0.336 e. The van der Waals surface area contributed by atoms with Crippen molar-refractivity contribution >= 4 is 51.9 Å². The van der Waals surface area contributed by atoms with Gasteiger partial charge in [0.05, 0.1) is 36.2 Å². The zero-order valence-corrected chi connectivity index (χ0v) is 63.7. The lowest BCUT2D eigenvalue weighted by atomic mass is 9.91. The predicted molar refractivity (Wildman–Crippen MR) is 393 cm³/mol. The maximum atomic E-state index is 11.8. The van der Waals surface area contributed by atoms with Crippen LogP contribution < -0.4 is 5.90 Å². The first-order valence-electron chi connectivity index (χ1n) is 32.2. The van der Waals surface area contributed by atoms with Crippen LogP contribution in [0.15, 0.2) is 92.4 Å². The molecule has 7 N–H and O–H groups in total. The molecule has 0 saturated carbocycles. The highest BCUT2D eigenvalue weighted by atomic mass is 35.5. The van der Waals surface area contributed by atoms with Crippen LogP contribution in [0.3, 0.4) is 0 Å². The number of ketones is 4. The summed E-state index contributed by atoms with van der Waals surface area (Å²) in [6.45, 7) is 44.9. The number of esters is 1. The van der Waals surface area contributed by atoms with Gasteiger partial charge in [-0.2, -0.15) is 0 Å². The summed E-state index contributed by atoms with van der Waals surface area (Å²) in [5.41, 5.74) is 26.0. The van der Waals surface area contributed by atoms with Crippen LogP contribution in [0.5, 0.6) is 0 Å².